The molecule has 0 aromatic rings. The van der Waals surface area contributed by atoms with Crippen LogP contribution in [-0.2, 0) is 4.79 Å². The number of carboxylic acid groups (broad SMARTS) is 1. The SMILES string of the molecule is O=C(O)C1C=CC(Cl)(C2(CCCCBr)CCCCC2)C=C1. The molecule has 0 aromatic carbocycles. The molecule has 0 aromatic heterocycles. The summed E-state index contributed by atoms with van der Waals surface area (Å²) in [5.74, 6) is -1.33. The molecule has 0 aliphatic heterocycles. The zero-order valence-corrected chi connectivity index (χ0v) is 14.7. The average Bonchev–Trinajstić information content (AvgIpc) is 2.49. The molecule has 0 amide bonds. The lowest BCUT2D eigenvalue weighted by molar-refractivity contribution is -0.138. The van der Waals surface area contributed by atoms with Crippen LogP contribution >= 0.6 is 27.5 Å². The zero-order valence-electron chi connectivity index (χ0n) is 12.4. The number of carboxylic acids is 1. The highest BCUT2D eigenvalue weighted by molar-refractivity contribution is 9.09. The summed E-state index contributed by atoms with van der Waals surface area (Å²) in [5, 5.41) is 10.1. The third kappa shape index (κ3) is 3.73. The van der Waals surface area contributed by atoms with Crippen molar-refractivity contribution in [2.45, 2.75) is 56.2 Å². The van der Waals surface area contributed by atoms with Crippen LogP contribution in [0.4, 0.5) is 0 Å². The van der Waals surface area contributed by atoms with E-state index >= 15 is 0 Å². The summed E-state index contributed by atoms with van der Waals surface area (Å²) in [5.41, 5.74) is 0.0887. The van der Waals surface area contributed by atoms with E-state index in [0.717, 1.165) is 24.6 Å². The molecule has 1 fully saturated rings. The second-order valence-corrected chi connectivity index (χ2v) is 7.76. The van der Waals surface area contributed by atoms with E-state index < -0.39 is 16.8 Å². The summed E-state index contributed by atoms with van der Waals surface area (Å²) in [6.07, 6.45) is 16.9. The van der Waals surface area contributed by atoms with Crippen molar-refractivity contribution in [1.29, 1.82) is 0 Å². The van der Waals surface area contributed by atoms with Gasteiger partial charge in [-0.25, -0.2) is 0 Å². The summed E-state index contributed by atoms with van der Waals surface area (Å²) in [6.45, 7) is 0. The number of halogens is 2. The summed E-state index contributed by atoms with van der Waals surface area (Å²) in [4.78, 5) is 10.6. The summed E-state index contributed by atoms with van der Waals surface area (Å²) >= 11 is 10.5. The number of unbranched alkanes of at least 4 members (excludes halogenated alkanes) is 1. The predicted molar refractivity (Wildman–Crippen MR) is 91.2 cm³/mol. The van der Waals surface area contributed by atoms with Crippen molar-refractivity contribution in [3.8, 4) is 0 Å². The van der Waals surface area contributed by atoms with Crippen LogP contribution in [0.25, 0.3) is 0 Å². The number of rotatable bonds is 6. The van der Waals surface area contributed by atoms with Crippen LogP contribution in [0, 0.1) is 11.3 Å². The Balaban J connectivity index is 2.18. The molecule has 118 valence electrons. The molecule has 2 rings (SSSR count). The Morgan fingerprint density at radius 3 is 2.33 bits per heavy atom. The molecule has 0 heterocycles. The number of alkyl halides is 2. The Morgan fingerprint density at radius 2 is 1.81 bits per heavy atom. The molecule has 1 saturated carbocycles. The van der Waals surface area contributed by atoms with Crippen LogP contribution in [0.5, 0.6) is 0 Å². The molecular formula is C17H24BrClO2. The minimum absolute atomic E-state index is 0.0887. The van der Waals surface area contributed by atoms with Gasteiger partial charge in [0.1, 0.15) is 0 Å². The molecule has 4 heteroatoms. The van der Waals surface area contributed by atoms with Crippen molar-refractivity contribution in [1.82, 2.24) is 0 Å². The van der Waals surface area contributed by atoms with Crippen molar-refractivity contribution in [2.75, 3.05) is 5.33 Å². The second-order valence-electron chi connectivity index (χ2n) is 6.34. The average molecular weight is 376 g/mol. The quantitative estimate of drug-likeness (QED) is 0.388. The lowest BCUT2D eigenvalue weighted by atomic mass is 9.61. The zero-order chi connectivity index (χ0) is 15.3. The predicted octanol–water partition coefficient (Wildman–Crippen LogP) is 5.31. The molecule has 1 N–H and O–H groups in total. The van der Waals surface area contributed by atoms with E-state index in [1.807, 2.05) is 12.2 Å². The molecule has 0 atom stereocenters. The minimum Gasteiger partial charge on any atom is -0.481 e. The van der Waals surface area contributed by atoms with Gasteiger partial charge < -0.3 is 5.11 Å². The number of hydrogen-bond donors (Lipinski definition) is 1. The van der Waals surface area contributed by atoms with E-state index in [-0.39, 0.29) is 5.41 Å². The first-order valence-electron chi connectivity index (χ1n) is 7.89. The lowest BCUT2D eigenvalue weighted by Crippen LogP contribution is -2.44. The van der Waals surface area contributed by atoms with E-state index in [0.29, 0.717) is 0 Å². The van der Waals surface area contributed by atoms with Gasteiger partial charge in [0, 0.05) is 5.33 Å². The van der Waals surface area contributed by atoms with Gasteiger partial charge in [0.25, 0.3) is 0 Å². The van der Waals surface area contributed by atoms with Crippen LogP contribution in [0.15, 0.2) is 24.3 Å². The molecule has 0 radical (unpaired) electrons. The van der Waals surface area contributed by atoms with Crippen molar-refractivity contribution in [2.24, 2.45) is 11.3 Å². The first-order chi connectivity index (χ1) is 10.0. The highest BCUT2D eigenvalue weighted by atomic mass is 79.9. The Hall–Kier alpha value is -0.280. The Labute approximate surface area is 140 Å². The van der Waals surface area contributed by atoms with E-state index in [1.54, 1.807) is 12.2 Å². The number of carbonyl (C=O) groups is 1. The first kappa shape index (κ1) is 17.1. The Kier molecular flexibility index (Phi) is 5.96. The summed E-state index contributed by atoms with van der Waals surface area (Å²) < 4.78 is 0. The van der Waals surface area contributed by atoms with E-state index in [9.17, 15) is 4.79 Å². The van der Waals surface area contributed by atoms with Crippen LogP contribution in [0.1, 0.15) is 51.4 Å². The van der Waals surface area contributed by atoms with Crippen molar-refractivity contribution in [3.05, 3.63) is 24.3 Å². The van der Waals surface area contributed by atoms with Gasteiger partial charge in [-0.3, -0.25) is 4.79 Å². The molecule has 0 spiro atoms. The van der Waals surface area contributed by atoms with E-state index in [2.05, 4.69) is 15.9 Å². The highest BCUT2D eigenvalue weighted by Crippen LogP contribution is 2.54. The summed E-state index contributed by atoms with van der Waals surface area (Å²) in [6, 6.07) is 0. The fourth-order valence-corrected chi connectivity index (χ4v) is 4.56. The standard InChI is InChI=1S/C17H24BrClO2/c18-13-5-4-10-16(8-2-1-3-9-16)17(19)11-6-14(7-12-17)15(20)21/h6-7,11-12,14H,1-5,8-10,13H2,(H,20,21). The fraction of sp³-hybridized carbons (Fsp3) is 0.706. The second kappa shape index (κ2) is 7.32. The van der Waals surface area contributed by atoms with Gasteiger partial charge in [0.05, 0.1) is 10.8 Å². The Morgan fingerprint density at radius 1 is 1.19 bits per heavy atom. The fourth-order valence-electron chi connectivity index (χ4n) is 3.74. The van der Waals surface area contributed by atoms with Crippen LogP contribution < -0.4 is 0 Å². The molecular weight excluding hydrogens is 352 g/mol. The molecule has 2 nitrogen and oxygen atoms in total. The van der Waals surface area contributed by atoms with Crippen molar-refractivity contribution >= 4 is 33.5 Å². The molecule has 2 aliphatic carbocycles. The molecule has 0 saturated heterocycles. The molecule has 0 unspecified atom stereocenters. The van der Waals surface area contributed by atoms with Crippen molar-refractivity contribution in [3.63, 3.8) is 0 Å². The van der Waals surface area contributed by atoms with Crippen LogP contribution in [-0.4, -0.2) is 21.3 Å². The maximum Gasteiger partial charge on any atom is 0.314 e. The van der Waals surface area contributed by atoms with Gasteiger partial charge in [-0.05, 0) is 31.1 Å². The molecule has 0 bridgehead atoms. The minimum atomic E-state index is -0.807. The topological polar surface area (TPSA) is 37.3 Å². The maximum absolute atomic E-state index is 11.1. The third-order valence-electron chi connectivity index (χ3n) is 5.04. The van der Waals surface area contributed by atoms with Gasteiger partial charge >= 0.3 is 5.97 Å². The third-order valence-corrected chi connectivity index (χ3v) is 6.25. The van der Waals surface area contributed by atoms with Crippen LogP contribution in [0.3, 0.4) is 0 Å². The normalized spacial score (nSPS) is 31.2. The van der Waals surface area contributed by atoms with Crippen LogP contribution in [0.2, 0.25) is 0 Å². The van der Waals surface area contributed by atoms with Gasteiger partial charge in [-0.15, -0.1) is 11.6 Å². The summed E-state index contributed by atoms with van der Waals surface area (Å²) in [7, 11) is 0. The van der Waals surface area contributed by atoms with Crippen molar-refractivity contribution < 1.29 is 9.90 Å². The number of aliphatic carboxylic acids is 1. The van der Waals surface area contributed by atoms with Gasteiger partial charge in [-0.1, -0.05) is 65.9 Å². The largest absolute Gasteiger partial charge is 0.481 e. The first-order valence-corrected chi connectivity index (χ1v) is 9.39. The molecule has 2 aliphatic rings. The number of allylic oxidation sites excluding steroid dienone is 2. The van der Waals surface area contributed by atoms with E-state index in [1.165, 1.54) is 32.1 Å². The van der Waals surface area contributed by atoms with Gasteiger partial charge in [0.15, 0.2) is 0 Å². The smallest absolute Gasteiger partial charge is 0.314 e. The highest BCUT2D eigenvalue weighted by Gasteiger charge is 2.47. The Bertz CT molecular complexity index is 411. The molecule has 21 heavy (non-hydrogen) atoms. The van der Waals surface area contributed by atoms with Gasteiger partial charge in [-0.2, -0.15) is 0 Å². The lowest BCUT2D eigenvalue weighted by Gasteiger charge is -2.48. The number of hydrogen-bond acceptors (Lipinski definition) is 1. The van der Waals surface area contributed by atoms with E-state index in [4.69, 9.17) is 16.7 Å². The van der Waals surface area contributed by atoms with Gasteiger partial charge in [0.2, 0.25) is 0 Å². The maximum atomic E-state index is 11.1. The monoisotopic (exact) mass is 374 g/mol.